The molecular weight excluding hydrogens is 248 g/mol. The van der Waals surface area contributed by atoms with Gasteiger partial charge in [-0.25, -0.2) is 0 Å². The van der Waals surface area contributed by atoms with Crippen molar-refractivity contribution in [3.05, 3.63) is 24.2 Å². The minimum Gasteiger partial charge on any atom is -0.472 e. The number of hydrogen-bond donors (Lipinski definition) is 1. The van der Waals surface area contributed by atoms with Crippen LogP contribution >= 0.6 is 0 Å². The molecule has 0 aliphatic carbocycles. The molecule has 2 atom stereocenters. The van der Waals surface area contributed by atoms with Crippen LogP contribution in [0.25, 0.3) is 0 Å². The van der Waals surface area contributed by atoms with E-state index in [1.165, 1.54) is 4.90 Å². The van der Waals surface area contributed by atoms with E-state index >= 15 is 0 Å². The van der Waals surface area contributed by atoms with E-state index in [0.717, 1.165) is 5.56 Å². The number of amides is 2. The van der Waals surface area contributed by atoms with Gasteiger partial charge in [-0.1, -0.05) is 0 Å². The van der Waals surface area contributed by atoms with Crippen molar-refractivity contribution in [3.63, 3.8) is 0 Å². The van der Waals surface area contributed by atoms with E-state index < -0.39 is 11.9 Å². The Morgan fingerprint density at radius 2 is 2.37 bits per heavy atom. The Morgan fingerprint density at radius 3 is 2.95 bits per heavy atom. The first kappa shape index (κ1) is 13.6. The Labute approximate surface area is 111 Å². The monoisotopic (exact) mass is 266 g/mol. The van der Waals surface area contributed by atoms with E-state index in [1.807, 2.05) is 6.07 Å². The van der Waals surface area contributed by atoms with Crippen molar-refractivity contribution in [3.8, 4) is 0 Å². The van der Waals surface area contributed by atoms with Crippen molar-refractivity contribution >= 4 is 11.8 Å². The number of nitrogens with zero attached hydrogens (tertiary/aromatic N) is 1. The van der Waals surface area contributed by atoms with Gasteiger partial charge < -0.3 is 19.8 Å². The lowest BCUT2D eigenvalue weighted by Gasteiger charge is -2.21. The number of nitrogens with two attached hydrogens (primary N) is 1. The summed E-state index contributed by atoms with van der Waals surface area (Å²) >= 11 is 0. The highest BCUT2D eigenvalue weighted by molar-refractivity contribution is 5.87. The predicted molar refractivity (Wildman–Crippen MR) is 67.1 cm³/mol. The van der Waals surface area contributed by atoms with Gasteiger partial charge in [0, 0.05) is 26.5 Å². The van der Waals surface area contributed by atoms with Gasteiger partial charge in [0.2, 0.25) is 11.8 Å². The lowest BCUT2D eigenvalue weighted by molar-refractivity contribution is -0.137. The number of rotatable bonds is 5. The van der Waals surface area contributed by atoms with Crippen LogP contribution in [0.1, 0.15) is 18.4 Å². The lowest BCUT2D eigenvalue weighted by Crippen LogP contribution is -2.43. The number of ether oxygens (including phenoxy) is 1. The summed E-state index contributed by atoms with van der Waals surface area (Å²) in [6.45, 7) is 0.425. The molecule has 0 aromatic carbocycles. The fourth-order valence-electron chi connectivity index (χ4n) is 2.34. The van der Waals surface area contributed by atoms with Gasteiger partial charge in [0.05, 0.1) is 18.6 Å². The average Bonchev–Trinajstić information content (AvgIpc) is 3.04. The molecule has 2 rings (SSSR count). The first-order chi connectivity index (χ1) is 9.11. The molecule has 0 unspecified atom stereocenters. The Kier molecular flexibility index (Phi) is 4.21. The van der Waals surface area contributed by atoms with Crippen molar-refractivity contribution < 1.29 is 18.7 Å². The molecule has 0 bridgehead atoms. The van der Waals surface area contributed by atoms with E-state index in [0.29, 0.717) is 25.8 Å². The Bertz CT molecular complexity index is 444. The van der Waals surface area contributed by atoms with Gasteiger partial charge in [0.15, 0.2) is 0 Å². The normalized spacial score (nSPS) is 22.7. The third-order valence-corrected chi connectivity index (χ3v) is 3.45. The topological polar surface area (TPSA) is 85.8 Å². The maximum Gasteiger partial charge on any atom is 0.240 e. The number of likely N-dealkylation sites (tertiary alicyclic amines) is 1. The standard InChI is InChI=1S/C13H18N2O4/c1-18-10-6-11(13(14)17)15(7-10)12(16)3-2-9-4-5-19-8-9/h4-5,8,10-11H,2-3,6-7H2,1H3,(H2,14,17)/t10-,11-/m0/s1. The highest BCUT2D eigenvalue weighted by Crippen LogP contribution is 2.21. The van der Waals surface area contributed by atoms with Crippen molar-refractivity contribution in [2.45, 2.75) is 31.4 Å². The summed E-state index contributed by atoms with van der Waals surface area (Å²) in [5, 5.41) is 0. The zero-order valence-corrected chi connectivity index (χ0v) is 10.9. The molecule has 1 aromatic rings. The van der Waals surface area contributed by atoms with Crippen LogP contribution in [0, 0.1) is 0 Å². The van der Waals surface area contributed by atoms with Crippen LogP contribution in [-0.4, -0.2) is 42.5 Å². The Morgan fingerprint density at radius 1 is 1.58 bits per heavy atom. The number of methoxy groups -OCH3 is 1. The SMILES string of the molecule is CO[C@H]1C[C@@H](C(N)=O)N(C(=O)CCc2ccoc2)C1. The molecule has 19 heavy (non-hydrogen) atoms. The number of primary amides is 1. The molecule has 1 saturated heterocycles. The average molecular weight is 266 g/mol. The van der Waals surface area contributed by atoms with E-state index in [2.05, 4.69) is 0 Å². The zero-order valence-electron chi connectivity index (χ0n) is 10.9. The fraction of sp³-hybridized carbons (Fsp3) is 0.538. The van der Waals surface area contributed by atoms with Crippen LogP contribution in [0.2, 0.25) is 0 Å². The van der Waals surface area contributed by atoms with Crippen LogP contribution < -0.4 is 5.73 Å². The minimum absolute atomic E-state index is 0.0791. The summed E-state index contributed by atoms with van der Waals surface area (Å²) in [4.78, 5) is 25.0. The van der Waals surface area contributed by atoms with Crippen LogP contribution in [0.5, 0.6) is 0 Å². The molecule has 0 radical (unpaired) electrons. The van der Waals surface area contributed by atoms with Crippen molar-refractivity contribution in [2.24, 2.45) is 5.73 Å². The Balaban J connectivity index is 1.94. The molecule has 6 heteroatoms. The summed E-state index contributed by atoms with van der Waals surface area (Å²) < 4.78 is 10.2. The maximum atomic E-state index is 12.1. The Hall–Kier alpha value is -1.82. The second kappa shape index (κ2) is 5.88. The molecular formula is C13H18N2O4. The van der Waals surface area contributed by atoms with Gasteiger partial charge in [-0.3, -0.25) is 9.59 Å². The molecule has 1 fully saturated rings. The molecule has 1 aromatic heterocycles. The zero-order chi connectivity index (χ0) is 13.8. The molecule has 1 aliphatic heterocycles. The largest absolute Gasteiger partial charge is 0.472 e. The summed E-state index contributed by atoms with van der Waals surface area (Å²) in [6, 6.07) is 1.27. The van der Waals surface area contributed by atoms with Crippen molar-refractivity contribution in [1.29, 1.82) is 0 Å². The second-order valence-corrected chi connectivity index (χ2v) is 4.69. The molecule has 0 spiro atoms. The highest BCUT2D eigenvalue weighted by Gasteiger charge is 2.38. The van der Waals surface area contributed by atoms with E-state index in [-0.39, 0.29) is 12.0 Å². The van der Waals surface area contributed by atoms with Crippen molar-refractivity contribution in [1.82, 2.24) is 4.90 Å². The summed E-state index contributed by atoms with van der Waals surface area (Å²) in [5.41, 5.74) is 6.29. The molecule has 104 valence electrons. The molecule has 2 heterocycles. The summed E-state index contributed by atoms with van der Waals surface area (Å²) in [5.74, 6) is -0.555. The number of furan rings is 1. The van der Waals surface area contributed by atoms with Crippen LogP contribution in [0.15, 0.2) is 23.0 Å². The van der Waals surface area contributed by atoms with Gasteiger partial charge in [0.25, 0.3) is 0 Å². The number of hydrogen-bond acceptors (Lipinski definition) is 4. The molecule has 1 aliphatic rings. The fourth-order valence-corrected chi connectivity index (χ4v) is 2.34. The van der Waals surface area contributed by atoms with E-state index in [4.69, 9.17) is 14.9 Å². The van der Waals surface area contributed by atoms with Gasteiger partial charge >= 0.3 is 0 Å². The second-order valence-electron chi connectivity index (χ2n) is 4.69. The van der Waals surface area contributed by atoms with Gasteiger partial charge in [0.1, 0.15) is 6.04 Å². The summed E-state index contributed by atoms with van der Waals surface area (Å²) in [6.07, 6.45) is 4.47. The predicted octanol–water partition coefficient (Wildman–Crippen LogP) is 0.313. The van der Waals surface area contributed by atoms with Crippen LogP contribution in [0.3, 0.4) is 0 Å². The highest BCUT2D eigenvalue weighted by atomic mass is 16.5. The molecule has 0 saturated carbocycles. The smallest absolute Gasteiger partial charge is 0.240 e. The number of carbonyl (C=O) groups excluding carboxylic acids is 2. The first-order valence-electron chi connectivity index (χ1n) is 6.24. The van der Waals surface area contributed by atoms with Gasteiger partial charge in [-0.15, -0.1) is 0 Å². The van der Waals surface area contributed by atoms with Gasteiger partial charge in [-0.2, -0.15) is 0 Å². The third-order valence-electron chi connectivity index (χ3n) is 3.45. The molecule has 6 nitrogen and oxygen atoms in total. The van der Waals surface area contributed by atoms with Crippen molar-refractivity contribution in [2.75, 3.05) is 13.7 Å². The summed E-state index contributed by atoms with van der Waals surface area (Å²) in [7, 11) is 1.57. The number of aryl methyl sites for hydroxylation is 1. The minimum atomic E-state index is -0.554. The first-order valence-corrected chi connectivity index (χ1v) is 6.24. The quantitative estimate of drug-likeness (QED) is 0.831. The van der Waals surface area contributed by atoms with E-state index in [9.17, 15) is 9.59 Å². The number of carbonyl (C=O) groups is 2. The van der Waals surface area contributed by atoms with Crippen LogP contribution in [0.4, 0.5) is 0 Å². The van der Waals surface area contributed by atoms with Crippen LogP contribution in [-0.2, 0) is 20.7 Å². The van der Waals surface area contributed by atoms with E-state index in [1.54, 1.807) is 19.6 Å². The molecule has 2 N–H and O–H groups in total. The van der Waals surface area contributed by atoms with Gasteiger partial charge in [-0.05, 0) is 18.1 Å². The maximum absolute atomic E-state index is 12.1. The molecule has 2 amide bonds. The lowest BCUT2D eigenvalue weighted by atomic mass is 10.1. The third kappa shape index (κ3) is 3.14.